The smallest absolute Gasteiger partial charge is 0.120 e. The van der Waals surface area contributed by atoms with Crippen molar-refractivity contribution >= 4 is 27.3 Å². The molecule has 1 aromatic heterocycles. The van der Waals surface area contributed by atoms with E-state index >= 15 is 0 Å². The van der Waals surface area contributed by atoms with E-state index in [0.29, 0.717) is 5.75 Å². The van der Waals surface area contributed by atoms with Crippen LogP contribution in [0.2, 0.25) is 0 Å². The van der Waals surface area contributed by atoms with Crippen molar-refractivity contribution in [2.24, 2.45) is 0 Å². The summed E-state index contributed by atoms with van der Waals surface area (Å²) in [4.78, 5) is 2.72. The van der Waals surface area contributed by atoms with Gasteiger partial charge in [0.15, 0.2) is 0 Å². The minimum Gasteiger partial charge on any atom is -0.508 e. The first-order valence-electron chi connectivity index (χ1n) is 6.79. The molecular weight excluding hydrogens is 334 g/mol. The summed E-state index contributed by atoms with van der Waals surface area (Å²) in [5, 5.41) is 13.6. The first-order chi connectivity index (χ1) is 9.51. The van der Waals surface area contributed by atoms with Gasteiger partial charge in [0.2, 0.25) is 0 Å². The molecule has 0 radical (unpaired) electrons. The van der Waals surface area contributed by atoms with Crippen LogP contribution in [0.5, 0.6) is 5.75 Å². The molecular formula is C16H20BrNOS. The van der Waals surface area contributed by atoms with E-state index in [1.807, 2.05) is 23.5 Å². The van der Waals surface area contributed by atoms with Crippen molar-refractivity contribution in [1.29, 1.82) is 0 Å². The Bertz CT molecular complexity index is 575. The second kappa shape index (κ2) is 6.74. The summed E-state index contributed by atoms with van der Waals surface area (Å²) in [5.41, 5.74) is 2.30. The largest absolute Gasteiger partial charge is 0.508 e. The molecule has 2 rings (SSSR count). The van der Waals surface area contributed by atoms with Crippen LogP contribution in [-0.2, 0) is 6.54 Å². The fraction of sp³-hybridized carbons (Fsp3) is 0.375. The molecule has 0 bridgehead atoms. The van der Waals surface area contributed by atoms with Gasteiger partial charge >= 0.3 is 0 Å². The van der Waals surface area contributed by atoms with Crippen molar-refractivity contribution in [3.63, 3.8) is 0 Å². The van der Waals surface area contributed by atoms with Crippen LogP contribution in [-0.4, -0.2) is 5.11 Å². The summed E-state index contributed by atoms with van der Waals surface area (Å²) in [5.74, 6) is 0.353. The standard InChI is InChI=1S/C16H20BrNOS/c1-4-15(14-8-12(17)5-6-16(14)19)18-9-13-7-10(2)11(3)20-13/h5-8,15,18-19H,4,9H2,1-3H3. The Morgan fingerprint density at radius 1 is 1.30 bits per heavy atom. The number of rotatable bonds is 5. The van der Waals surface area contributed by atoms with Crippen molar-refractivity contribution in [2.75, 3.05) is 0 Å². The van der Waals surface area contributed by atoms with E-state index in [9.17, 15) is 5.11 Å². The number of aryl methyl sites for hydroxylation is 2. The third-order valence-electron chi connectivity index (χ3n) is 3.51. The van der Waals surface area contributed by atoms with Gasteiger partial charge in [-0.15, -0.1) is 11.3 Å². The van der Waals surface area contributed by atoms with E-state index in [1.54, 1.807) is 6.07 Å². The zero-order valence-corrected chi connectivity index (χ0v) is 14.4. The summed E-state index contributed by atoms with van der Waals surface area (Å²) >= 11 is 5.30. The van der Waals surface area contributed by atoms with Crippen LogP contribution in [0.15, 0.2) is 28.7 Å². The molecule has 1 atom stereocenters. The highest BCUT2D eigenvalue weighted by Crippen LogP contribution is 2.30. The predicted octanol–water partition coefficient (Wildman–Crippen LogP) is 5.07. The maximum atomic E-state index is 10.0. The average molecular weight is 354 g/mol. The number of benzene rings is 1. The Balaban J connectivity index is 2.11. The Morgan fingerprint density at radius 2 is 2.05 bits per heavy atom. The third-order valence-corrected chi connectivity index (χ3v) is 5.16. The lowest BCUT2D eigenvalue weighted by Gasteiger charge is -2.18. The highest BCUT2D eigenvalue weighted by Gasteiger charge is 2.14. The summed E-state index contributed by atoms with van der Waals surface area (Å²) in [6, 6.07) is 7.98. The number of phenols is 1. The quantitative estimate of drug-likeness (QED) is 0.785. The fourth-order valence-electron chi connectivity index (χ4n) is 2.24. The van der Waals surface area contributed by atoms with Crippen molar-refractivity contribution < 1.29 is 5.11 Å². The highest BCUT2D eigenvalue weighted by molar-refractivity contribution is 9.10. The molecule has 4 heteroatoms. The second-order valence-electron chi connectivity index (χ2n) is 5.00. The Labute approximate surface area is 133 Å². The molecule has 0 amide bonds. The van der Waals surface area contributed by atoms with Gasteiger partial charge in [0.05, 0.1) is 0 Å². The average Bonchev–Trinajstić information content (AvgIpc) is 2.73. The number of nitrogens with one attached hydrogen (secondary N) is 1. The van der Waals surface area contributed by atoms with Crippen LogP contribution >= 0.6 is 27.3 Å². The van der Waals surface area contributed by atoms with Gasteiger partial charge in [-0.1, -0.05) is 22.9 Å². The van der Waals surface area contributed by atoms with Gasteiger partial charge in [-0.25, -0.2) is 0 Å². The molecule has 2 N–H and O–H groups in total. The number of phenolic OH excluding ortho intramolecular Hbond substituents is 1. The van der Waals surface area contributed by atoms with E-state index < -0.39 is 0 Å². The Morgan fingerprint density at radius 3 is 2.65 bits per heavy atom. The van der Waals surface area contributed by atoms with Crippen LogP contribution in [0.4, 0.5) is 0 Å². The molecule has 0 aliphatic rings. The van der Waals surface area contributed by atoms with Crippen molar-refractivity contribution in [3.8, 4) is 5.75 Å². The monoisotopic (exact) mass is 353 g/mol. The maximum Gasteiger partial charge on any atom is 0.120 e. The van der Waals surface area contributed by atoms with Crippen LogP contribution in [0.25, 0.3) is 0 Å². The Hall–Kier alpha value is -0.840. The molecule has 2 aromatic rings. The van der Waals surface area contributed by atoms with E-state index in [0.717, 1.165) is 23.0 Å². The number of thiophene rings is 1. The number of hydrogen-bond acceptors (Lipinski definition) is 3. The third kappa shape index (κ3) is 3.62. The Kier molecular flexibility index (Phi) is 5.24. The SMILES string of the molecule is CCC(NCc1cc(C)c(C)s1)c1cc(Br)ccc1O. The first kappa shape index (κ1) is 15.5. The van der Waals surface area contributed by atoms with E-state index in [1.165, 1.54) is 15.3 Å². The van der Waals surface area contributed by atoms with Crippen molar-refractivity contribution in [3.05, 3.63) is 49.6 Å². The molecule has 0 saturated carbocycles. The molecule has 1 aromatic carbocycles. The summed E-state index contributed by atoms with van der Waals surface area (Å²) in [7, 11) is 0. The van der Waals surface area contributed by atoms with Gasteiger partial charge < -0.3 is 10.4 Å². The minimum absolute atomic E-state index is 0.162. The van der Waals surface area contributed by atoms with Crippen LogP contribution in [0.3, 0.4) is 0 Å². The first-order valence-corrected chi connectivity index (χ1v) is 8.40. The summed E-state index contributed by atoms with van der Waals surface area (Å²) in [6.45, 7) is 7.26. The van der Waals surface area contributed by atoms with E-state index in [-0.39, 0.29) is 6.04 Å². The molecule has 108 valence electrons. The molecule has 0 aliphatic carbocycles. The van der Waals surface area contributed by atoms with Gasteiger partial charge in [0.1, 0.15) is 5.75 Å². The van der Waals surface area contributed by atoms with Crippen molar-refractivity contribution in [1.82, 2.24) is 5.32 Å². The lowest BCUT2D eigenvalue weighted by Crippen LogP contribution is -2.19. The topological polar surface area (TPSA) is 32.3 Å². The normalized spacial score (nSPS) is 12.6. The summed E-state index contributed by atoms with van der Waals surface area (Å²) < 4.78 is 0.994. The number of aromatic hydroxyl groups is 1. The molecule has 1 heterocycles. The predicted molar refractivity (Wildman–Crippen MR) is 89.5 cm³/mol. The minimum atomic E-state index is 0.162. The molecule has 2 nitrogen and oxygen atoms in total. The van der Waals surface area contributed by atoms with Crippen LogP contribution < -0.4 is 5.32 Å². The molecule has 20 heavy (non-hydrogen) atoms. The maximum absolute atomic E-state index is 10.0. The number of halogens is 1. The lowest BCUT2D eigenvalue weighted by molar-refractivity contribution is 0.441. The molecule has 0 fully saturated rings. The van der Waals surface area contributed by atoms with Crippen molar-refractivity contribution in [2.45, 2.75) is 39.8 Å². The van der Waals surface area contributed by atoms with Gasteiger partial charge in [0, 0.05) is 32.4 Å². The summed E-state index contributed by atoms with van der Waals surface area (Å²) in [6.07, 6.45) is 0.938. The zero-order chi connectivity index (χ0) is 14.7. The number of hydrogen-bond donors (Lipinski definition) is 2. The lowest BCUT2D eigenvalue weighted by atomic mass is 10.0. The van der Waals surface area contributed by atoms with Gasteiger partial charge in [-0.3, -0.25) is 0 Å². The van der Waals surface area contributed by atoms with E-state index in [2.05, 4.69) is 48.1 Å². The van der Waals surface area contributed by atoms with Crippen LogP contribution in [0.1, 0.15) is 40.3 Å². The molecule has 0 saturated heterocycles. The molecule has 1 unspecified atom stereocenters. The second-order valence-corrected chi connectivity index (χ2v) is 7.25. The van der Waals surface area contributed by atoms with Gasteiger partial charge in [-0.05, 0) is 50.1 Å². The van der Waals surface area contributed by atoms with Crippen LogP contribution in [0, 0.1) is 13.8 Å². The zero-order valence-electron chi connectivity index (χ0n) is 12.0. The molecule has 0 spiro atoms. The molecule has 0 aliphatic heterocycles. The van der Waals surface area contributed by atoms with Gasteiger partial charge in [-0.2, -0.15) is 0 Å². The van der Waals surface area contributed by atoms with E-state index in [4.69, 9.17) is 0 Å². The highest BCUT2D eigenvalue weighted by atomic mass is 79.9. The fourth-order valence-corrected chi connectivity index (χ4v) is 3.62. The van der Waals surface area contributed by atoms with Gasteiger partial charge in [0.25, 0.3) is 0 Å².